The third-order valence-corrected chi connectivity index (χ3v) is 4.90. The van der Waals surface area contributed by atoms with Crippen LogP contribution in [0.2, 0.25) is 0 Å². The molecule has 0 atom stereocenters. The van der Waals surface area contributed by atoms with Crippen LogP contribution < -0.4 is 5.73 Å². The molecular formula is C23H23N3. The van der Waals surface area contributed by atoms with Gasteiger partial charge >= 0.3 is 0 Å². The zero-order valence-electron chi connectivity index (χ0n) is 15.2. The summed E-state index contributed by atoms with van der Waals surface area (Å²) in [6.45, 7) is 4.06. The molecule has 0 bridgehead atoms. The lowest BCUT2D eigenvalue weighted by Crippen LogP contribution is -2.28. The van der Waals surface area contributed by atoms with Crippen LogP contribution in [-0.4, -0.2) is 9.97 Å². The SMILES string of the molecule is CC(C)(N)c1ccc(CCc2cnc3cnc4ccccc4c3c2)cc1. The summed E-state index contributed by atoms with van der Waals surface area (Å²) in [5, 5.41) is 2.34. The average Bonchev–Trinajstić information content (AvgIpc) is 2.66. The summed E-state index contributed by atoms with van der Waals surface area (Å²) in [5.41, 5.74) is 11.5. The molecule has 2 heterocycles. The second kappa shape index (κ2) is 6.50. The van der Waals surface area contributed by atoms with Crippen molar-refractivity contribution in [1.29, 1.82) is 0 Å². The van der Waals surface area contributed by atoms with E-state index in [1.807, 2.05) is 38.4 Å². The lowest BCUT2D eigenvalue weighted by atomic mass is 9.94. The van der Waals surface area contributed by atoms with Gasteiger partial charge in [0.25, 0.3) is 0 Å². The van der Waals surface area contributed by atoms with E-state index in [1.54, 1.807) is 0 Å². The highest BCUT2D eigenvalue weighted by atomic mass is 14.7. The average molecular weight is 341 g/mol. The molecule has 4 rings (SSSR count). The van der Waals surface area contributed by atoms with E-state index < -0.39 is 0 Å². The van der Waals surface area contributed by atoms with Crippen molar-refractivity contribution in [2.24, 2.45) is 5.73 Å². The Hall–Kier alpha value is -2.78. The zero-order chi connectivity index (χ0) is 18.1. The Morgan fingerprint density at radius 2 is 1.46 bits per heavy atom. The third-order valence-electron chi connectivity index (χ3n) is 4.90. The number of para-hydroxylation sites is 1. The van der Waals surface area contributed by atoms with E-state index in [0.29, 0.717) is 0 Å². The number of hydrogen-bond acceptors (Lipinski definition) is 3. The molecule has 0 fully saturated rings. The van der Waals surface area contributed by atoms with Crippen LogP contribution in [0.5, 0.6) is 0 Å². The Balaban J connectivity index is 1.58. The second-order valence-electron chi connectivity index (χ2n) is 7.47. The van der Waals surface area contributed by atoms with Crippen molar-refractivity contribution in [2.45, 2.75) is 32.2 Å². The fourth-order valence-electron chi connectivity index (χ4n) is 3.31. The van der Waals surface area contributed by atoms with Crippen LogP contribution in [-0.2, 0) is 18.4 Å². The molecule has 3 heteroatoms. The van der Waals surface area contributed by atoms with Gasteiger partial charge in [0.05, 0.1) is 17.2 Å². The van der Waals surface area contributed by atoms with Crippen molar-refractivity contribution >= 4 is 21.8 Å². The Labute approximate surface area is 153 Å². The normalized spacial score (nSPS) is 12.0. The molecule has 4 aromatic rings. The van der Waals surface area contributed by atoms with Gasteiger partial charge in [0.1, 0.15) is 0 Å². The van der Waals surface area contributed by atoms with E-state index >= 15 is 0 Å². The van der Waals surface area contributed by atoms with Crippen molar-refractivity contribution < 1.29 is 0 Å². The molecule has 0 amide bonds. The smallest absolute Gasteiger partial charge is 0.0891 e. The van der Waals surface area contributed by atoms with Crippen LogP contribution in [0.4, 0.5) is 0 Å². The van der Waals surface area contributed by atoms with Gasteiger partial charge in [-0.1, -0.05) is 42.5 Å². The van der Waals surface area contributed by atoms with Crippen LogP contribution in [0.25, 0.3) is 21.8 Å². The van der Waals surface area contributed by atoms with Crippen LogP contribution in [0.3, 0.4) is 0 Å². The Bertz CT molecular complexity index is 1060. The van der Waals surface area contributed by atoms with Crippen molar-refractivity contribution in [1.82, 2.24) is 9.97 Å². The van der Waals surface area contributed by atoms with Gasteiger partial charge < -0.3 is 5.73 Å². The lowest BCUT2D eigenvalue weighted by Gasteiger charge is -2.19. The zero-order valence-corrected chi connectivity index (χ0v) is 15.2. The summed E-state index contributed by atoms with van der Waals surface area (Å²) < 4.78 is 0. The van der Waals surface area contributed by atoms with Gasteiger partial charge in [0.2, 0.25) is 0 Å². The molecule has 0 aliphatic carbocycles. The minimum absolute atomic E-state index is 0.296. The number of aryl methyl sites for hydroxylation is 2. The summed E-state index contributed by atoms with van der Waals surface area (Å²) in [5.74, 6) is 0. The van der Waals surface area contributed by atoms with Crippen LogP contribution in [0, 0.1) is 0 Å². The first-order valence-electron chi connectivity index (χ1n) is 9.01. The Kier molecular flexibility index (Phi) is 4.17. The number of pyridine rings is 2. The molecule has 130 valence electrons. The van der Waals surface area contributed by atoms with Gasteiger partial charge in [-0.3, -0.25) is 9.97 Å². The quantitative estimate of drug-likeness (QED) is 0.544. The van der Waals surface area contributed by atoms with Crippen LogP contribution in [0.1, 0.15) is 30.5 Å². The van der Waals surface area contributed by atoms with Gasteiger partial charge in [-0.2, -0.15) is 0 Å². The number of benzene rings is 2. The predicted molar refractivity (Wildman–Crippen MR) is 108 cm³/mol. The van der Waals surface area contributed by atoms with Crippen LogP contribution in [0.15, 0.2) is 67.0 Å². The van der Waals surface area contributed by atoms with Crippen LogP contribution >= 0.6 is 0 Å². The molecule has 0 spiro atoms. The maximum absolute atomic E-state index is 6.16. The Morgan fingerprint density at radius 3 is 2.23 bits per heavy atom. The van der Waals surface area contributed by atoms with Gasteiger partial charge in [-0.15, -0.1) is 0 Å². The van der Waals surface area contributed by atoms with Gasteiger partial charge in [-0.05, 0) is 55.5 Å². The van der Waals surface area contributed by atoms with E-state index in [0.717, 1.165) is 34.8 Å². The Morgan fingerprint density at radius 1 is 0.769 bits per heavy atom. The number of nitrogens with zero attached hydrogens (tertiary/aromatic N) is 2. The highest BCUT2D eigenvalue weighted by Gasteiger charge is 2.13. The van der Waals surface area contributed by atoms with Crippen molar-refractivity contribution in [3.63, 3.8) is 0 Å². The number of nitrogens with two attached hydrogens (primary N) is 1. The molecule has 3 nitrogen and oxygen atoms in total. The first kappa shape index (κ1) is 16.7. The highest BCUT2D eigenvalue weighted by Crippen LogP contribution is 2.23. The fraction of sp³-hybridized carbons (Fsp3) is 0.217. The van der Waals surface area contributed by atoms with Gasteiger partial charge in [-0.25, -0.2) is 0 Å². The van der Waals surface area contributed by atoms with Crippen molar-refractivity contribution in [3.05, 3.63) is 83.7 Å². The number of hydrogen-bond donors (Lipinski definition) is 1. The van der Waals surface area contributed by atoms with Gasteiger partial charge in [0.15, 0.2) is 0 Å². The number of fused-ring (bicyclic) bond motifs is 3. The maximum atomic E-state index is 6.16. The van der Waals surface area contributed by atoms with E-state index in [-0.39, 0.29) is 5.54 Å². The fourth-order valence-corrected chi connectivity index (χ4v) is 3.31. The first-order valence-corrected chi connectivity index (χ1v) is 9.01. The standard InChI is InChI=1S/C23H23N3/c1-23(2,24)18-11-9-16(10-12-18)7-8-17-13-20-19-5-3-4-6-21(19)26-15-22(20)25-14-17/h3-6,9-15H,7-8,24H2,1-2H3. The highest BCUT2D eigenvalue weighted by molar-refractivity contribution is 6.03. The minimum Gasteiger partial charge on any atom is -0.322 e. The van der Waals surface area contributed by atoms with Crippen molar-refractivity contribution in [3.8, 4) is 0 Å². The summed E-state index contributed by atoms with van der Waals surface area (Å²) in [7, 11) is 0. The lowest BCUT2D eigenvalue weighted by molar-refractivity contribution is 0.554. The monoisotopic (exact) mass is 341 g/mol. The van der Waals surface area contributed by atoms with E-state index in [1.165, 1.54) is 16.5 Å². The molecule has 0 aliphatic heterocycles. The van der Waals surface area contributed by atoms with E-state index in [2.05, 4.69) is 52.4 Å². The summed E-state index contributed by atoms with van der Waals surface area (Å²) in [6.07, 6.45) is 5.78. The third kappa shape index (κ3) is 3.31. The van der Waals surface area contributed by atoms with E-state index in [9.17, 15) is 0 Å². The molecule has 26 heavy (non-hydrogen) atoms. The maximum Gasteiger partial charge on any atom is 0.0891 e. The number of aromatic nitrogens is 2. The first-order chi connectivity index (χ1) is 12.5. The molecule has 0 saturated carbocycles. The minimum atomic E-state index is -0.296. The second-order valence-corrected chi connectivity index (χ2v) is 7.47. The van der Waals surface area contributed by atoms with E-state index in [4.69, 9.17) is 5.73 Å². The van der Waals surface area contributed by atoms with Crippen molar-refractivity contribution in [2.75, 3.05) is 0 Å². The molecule has 2 aromatic carbocycles. The predicted octanol–water partition coefficient (Wildman–Crippen LogP) is 4.76. The molecular weight excluding hydrogens is 318 g/mol. The molecule has 2 aromatic heterocycles. The largest absolute Gasteiger partial charge is 0.322 e. The molecule has 0 radical (unpaired) electrons. The summed E-state index contributed by atoms with van der Waals surface area (Å²) in [6, 6.07) is 19.1. The molecule has 2 N–H and O–H groups in total. The number of rotatable bonds is 4. The molecule has 0 unspecified atom stereocenters. The molecule has 0 saturated heterocycles. The summed E-state index contributed by atoms with van der Waals surface area (Å²) >= 11 is 0. The van der Waals surface area contributed by atoms with Gasteiger partial charge in [0, 0.05) is 22.5 Å². The molecule has 0 aliphatic rings. The summed E-state index contributed by atoms with van der Waals surface area (Å²) in [4.78, 5) is 9.10. The topological polar surface area (TPSA) is 51.8 Å².